The molecule has 0 rings (SSSR count). The van der Waals surface area contributed by atoms with Crippen molar-refractivity contribution >= 4 is 59.2 Å². The minimum absolute atomic E-state index is 0.0197. The van der Waals surface area contributed by atoms with Gasteiger partial charge in [0, 0.05) is 0 Å². The van der Waals surface area contributed by atoms with E-state index in [1.165, 1.54) is 20.8 Å². The van der Waals surface area contributed by atoms with Crippen LogP contribution >= 0.6 is 0 Å². The Kier molecular flexibility index (Phi) is 27.9. The Labute approximate surface area is 365 Å². The molecule has 25 heteroatoms. The van der Waals surface area contributed by atoms with Crippen LogP contribution in [0, 0.1) is 11.8 Å². The number of nitrogens with one attached hydrogen (secondary N) is 8. The number of aliphatic hydroxyl groups is 2. The predicted octanol–water partition coefficient (Wildman–Crippen LogP) is -5.65. The number of hydrogen-bond donors (Lipinski definition) is 15. The molecule has 0 unspecified atom stereocenters. The normalized spacial score (nSPS) is 14.9. The van der Waals surface area contributed by atoms with Gasteiger partial charge in [0.2, 0.25) is 47.3 Å². The number of carboxylic acid groups (broad SMARTS) is 2. The summed E-state index contributed by atoms with van der Waals surface area (Å²) in [6.07, 6.45) is 1.69. The van der Waals surface area contributed by atoms with Crippen LogP contribution in [0.5, 0.6) is 0 Å². The summed E-state index contributed by atoms with van der Waals surface area (Å²) in [5.74, 6) is -11.3. The van der Waals surface area contributed by atoms with Crippen LogP contribution < -0.4 is 59.7 Å². The van der Waals surface area contributed by atoms with Gasteiger partial charge in [0.1, 0.15) is 42.3 Å². The third-order valence-corrected chi connectivity index (χ3v) is 9.29. The largest absolute Gasteiger partial charge is 0.481 e. The molecular weight excluding hydrogens is 834 g/mol. The molecule has 0 aliphatic rings. The SMILES string of the molecule is CC(C)C[C@H](NC(=O)[C@H](CCCCN)NC(=O)[C@H](C)NC(=O)[C@@H](N)CCCCN)C(=O)N[C@@H](CO)C(=O)N[C@@H](CO)C(=O)NCC(=O)N[C@@H](CC(=O)O)C(=O)N[C@H](C(=O)O)C(C)C. The predicted molar refractivity (Wildman–Crippen MR) is 224 cm³/mol. The Bertz CT molecular complexity index is 1550. The Balaban J connectivity index is 5.77. The maximum atomic E-state index is 13.6. The lowest BCUT2D eigenvalue weighted by Crippen LogP contribution is -2.60. The Morgan fingerprint density at radius 3 is 1.49 bits per heavy atom. The zero-order valence-electron chi connectivity index (χ0n) is 36.6. The lowest BCUT2D eigenvalue weighted by molar-refractivity contribution is -0.144. The molecule has 0 spiro atoms. The fraction of sp³-hybridized carbons (Fsp3) is 0.737. The van der Waals surface area contributed by atoms with Gasteiger partial charge in [-0.05, 0) is 70.4 Å². The van der Waals surface area contributed by atoms with E-state index in [-0.39, 0.29) is 18.8 Å². The van der Waals surface area contributed by atoms with Crippen LogP contribution in [0.1, 0.15) is 86.0 Å². The third-order valence-electron chi connectivity index (χ3n) is 9.29. The first-order valence-electron chi connectivity index (χ1n) is 20.7. The van der Waals surface area contributed by atoms with Crippen molar-refractivity contribution in [1.29, 1.82) is 0 Å². The van der Waals surface area contributed by atoms with E-state index in [4.69, 9.17) is 17.2 Å². The lowest BCUT2D eigenvalue weighted by Gasteiger charge is -2.27. The number of rotatable bonds is 32. The first-order chi connectivity index (χ1) is 29.5. The molecular formula is C38H69N11O14. The van der Waals surface area contributed by atoms with Crippen LogP contribution in [-0.4, -0.2) is 161 Å². The summed E-state index contributed by atoms with van der Waals surface area (Å²) in [4.78, 5) is 127. The van der Waals surface area contributed by atoms with Crippen molar-refractivity contribution in [1.82, 2.24) is 42.5 Å². The van der Waals surface area contributed by atoms with Gasteiger partial charge in [0.15, 0.2) is 0 Å². The summed E-state index contributed by atoms with van der Waals surface area (Å²) >= 11 is 0. The molecule has 25 nitrogen and oxygen atoms in total. The van der Waals surface area contributed by atoms with Crippen molar-refractivity contribution < 1.29 is 68.4 Å². The Hall–Kier alpha value is -5.50. The molecule has 0 saturated heterocycles. The molecule has 0 aliphatic heterocycles. The van der Waals surface area contributed by atoms with Gasteiger partial charge in [0.25, 0.3) is 0 Å². The van der Waals surface area contributed by atoms with Crippen molar-refractivity contribution in [3.63, 3.8) is 0 Å². The summed E-state index contributed by atoms with van der Waals surface area (Å²) < 4.78 is 0. The molecule has 0 radical (unpaired) electrons. The van der Waals surface area contributed by atoms with E-state index < -0.39 is 140 Å². The molecule has 0 aliphatic carbocycles. The second kappa shape index (κ2) is 30.5. The maximum Gasteiger partial charge on any atom is 0.326 e. The summed E-state index contributed by atoms with van der Waals surface area (Å²) in [6, 6.07) is -11.2. The molecule has 0 aromatic heterocycles. The minimum Gasteiger partial charge on any atom is -0.481 e. The van der Waals surface area contributed by atoms with E-state index in [0.29, 0.717) is 45.2 Å². The molecule has 0 aromatic carbocycles. The van der Waals surface area contributed by atoms with Crippen LogP contribution in [-0.2, 0) is 47.9 Å². The van der Waals surface area contributed by atoms with Gasteiger partial charge in [-0.2, -0.15) is 0 Å². The van der Waals surface area contributed by atoms with E-state index in [1.807, 2.05) is 0 Å². The maximum absolute atomic E-state index is 13.6. The topological polar surface area (TPSA) is 426 Å². The molecule has 0 heterocycles. The standard InChI is InChI=1S/C38H69N11O14/c1-19(2)14-24(46-34(58)23(11-7-9-13-40)45-31(55)21(5)43-32(56)22(41)10-6-8-12-39)35(59)48-27(18-51)37(61)47-26(17-50)33(57)42-16-28(52)44-25(15-29(53)54)36(60)49-30(20(3)4)38(62)63/h19-27,30,50-51H,6-18,39-41H2,1-5H3,(H,42,57)(H,43,56)(H,44,52)(H,45,55)(H,46,58)(H,47,61)(H,48,59)(H,49,60)(H,53,54)(H,62,63)/t21-,22-,23-,24-,25-,26-,27-,30-/m0/s1. The number of aliphatic hydroxyl groups excluding tert-OH is 2. The number of amides is 8. The number of aliphatic carboxylic acids is 2. The molecule has 0 aromatic rings. The van der Waals surface area contributed by atoms with Gasteiger partial charge in [-0.25, -0.2) is 4.79 Å². The first-order valence-corrected chi connectivity index (χ1v) is 20.7. The Morgan fingerprint density at radius 1 is 0.524 bits per heavy atom. The van der Waals surface area contributed by atoms with Crippen molar-refractivity contribution in [2.24, 2.45) is 29.0 Å². The fourth-order valence-electron chi connectivity index (χ4n) is 5.68. The van der Waals surface area contributed by atoms with Crippen LogP contribution in [0.25, 0.3) is 0 Å². The zero-order chi connectivity index (χ0) is 48.4. The van der Waals surface area contributed by atoms with Gasteiger partial charge >= 0.3 is 11.9 Å². The van der Waals surface area contributed by atoms with Crippen LogP contribution in [0.2, 0.25) is 0 Å². The summed E-state index contributed by atoms with van der Waals surface area (Å²) in [5.41, 5.74) is 17.0. The second-order valence-corrected chi connectivity index (χ2v) is 15.6. The molecule has 63 heavy (non-hydrogen) atoms. The number of carbonyl (C=O) groups excluding carboxylic acids is 8. The molecule has 18 N–H and O–H groups in total. The minimum atomic E-state index is -1.76. The van der Waals surface area contributed by atoms with E-state index in [1.54, 1.807) is 13.8 Å². The molecule has 0 saturated carbocycles. The zero-order valence-corrected chi connectivity index (χ0v) is 36.6. The summed E-state index contributed by atoms with van der Waals surface area (Å²) in [6.45, 7) is 5.61. The van der Waals surface area contributed by atoms with Crippen LogP contribution in [0.15, 0.2) is 0 Å². The highest BCUT2D eigenvalue weighted by atomic mass is 16.4. The van der Waals surface area contributed by atoms with E-state index in [2.05, 4.69) is 42.5 Å². The lowest BCUT2D eigenvalue weighted by atomic mass is 10.0. The summed E-state index contributed by atoms with van der Waals surface area (Å²) in [7, 11) is 0. The molecule has 360 valence electrons. The monoisotopic (exact) mass is 904 g/mol. The second-order valence-electron chi connectivity index (χ2n) is 15.6. The van der Waals surface area contributed by atoms with E-state index >= 15 is 0 Å². The third kappa shape index (κ3) is 23.0. The highest BCUT2D eigenvalue weighted by Crippen LogP contribution is 2.09. The fourth-order valence-corrected chi connectivity index (χ4v) is 5.68. The van der Waals surface area contributed by atoms with E-state index in [9.17, 15) is 68.4 Å². The van der Waals surface area contributed by atoms with Crippen LogP contribution in [0.3, 0.4) is 0 Å². The average Bonchev–Trinajstić information content (AvgIpc) is 3.20. The summed E-state index contributed by atoms with van der Waals surface area (Å²) in [5, 5.41) is 56.8. The number of hydrogen-bond acceptors (Lipinski definition) is 15. The quantitative estimate of drug-likeness (QED) is 0.0280. The smallest absolute Gasteiger partial charge is 0.326 e. The van der Waals surface area contributed by atoms with Crippen molar-refractivity contribution in [2.45, 2.75) is 134 Å². The highest BCUT2D eigenvalue weighted by molar-refractivity contribution is 5.98. The van der Waals surface area contributed by atoms with Gasteiger partial charge < -0.3 is 80.2 Å². The average molecular weight is 904 g/mol. The number of unbranched alkanes of at least 4 members (excludes halogenated alkanes) is 2. The van der Waals surface area contributed by atoms with Crippen molar-refractivity contribution in [3.8, 4) is 0 Å². The molecule has 0 bridgehead atoms. The van der Waals surface area contributed by atoms with Crippen molar-refractivity contribution in [2.75, 3.05) is 32.8 Å². The number of carbonyl (C=O) groups is 10. The highest BCUT2D eigenvalue weighted by Gasteiger charge is 2.33. The Morgan fingerprint density at radius 2 is 1.00 bits per heavy atom. The van der Waals surface area contributed by atoms with Crippen LogP contribution in [0.4, 0.5) is 0 Å². The first kappa shape index (κ1) is 57.5. The van der Waals surface area contributed by atoms with Gasteiger partial charge in [-0.15, -0.1) is 0 Å². The number of nitrogens with two attached hydrogens (primary N) is 3. The molecule has 0 fully saturated rings. The molecule has 8 amide bonds. The van der Waals surface area contributed by atoms with Gasteiger partial charge in [-0.1, -0.05) is 34.1 Å². The van der Waals surface area contributed by atoms with Gasteiger partial charge in [-0.3, -0.25) is 43.2 Å². The van der Waals surface area contributed by atoms with Gasteiger partial charge in [0.05, 0.1) is 32.2 Å². The molecule has 8 atom stereocenters. The van der Waals surface area contributed by atoms with E-state index in [0.717, 1.165) is 0 Å². The number of carboxylic acids is 2. The van der Waals surface area contributed by atoms with Crippen molar-refractivity contribution in [3.05, 3.63) is 0 Å².